The van der Waals surface area contributed by atoms with Crippen molar-refractivity contribution >= 4 is 11.8 Å². The monoisotopic (exact) mass is 471 g/mol. The number of pyridine rings is 1. The van der Waals surface area contributed by atoms with Crippen molar-refractivity contribution in [3.05, 3.63) is 95.3 Å². The smallest absolute Gasteiger partial charge is 0.273 e. The lowest BCUT2D eigenvalue weighted by molar-refractivity contribution is -0.127. The van der Waals surface area contributed by atoms with Gasteiger partial charge in [0.25, 0.3) is 5.91 Å². The number of carbonyl (C=O) groups excluding carboxylic acids is 2. The van der Waals surface area contributed by atoms with Gasteiger partial charge in [-0.3, -0.25) is 14.6 Å². The van der Waals surface area contributed by atoms with E-state index >= 15 is 0 Å². The van der Waals surface area contributed by atoms with E-state index in [0.717, 1.165) is 42.4 Å². The summed E-state index contributed by atoms with van der Waals surface area (Å²) in [5, 5.41) is 3.26. The Kier molecular flexibility index (Phi) is 8.14. The van der Waals surface area contributed by atoms with Crippen molar-refractivity contribution in [3.8, 4) is 5.75 Å². The fraction of sp³-hybridized carbons (Fsp3) is 0.345. The van der Waals surface area contributed by atoms with Crippen LogP contribution in [-0.4, -0.2) is 34.8 Å². The van der Waals surface area contributed by atoms with Gasteiger partial charge in [0.15, 0.2) is 0 Å². The van der Waals surface area contributed by atoms with Crippen LogP contribution in [-0.2, 0) is 11.3 Å². The Hall–Kier alpha value is -3.67. The van der Waals surface area contributed by atoms with Crippen LogP contribution in [0.5, 0.6) is 5.75 Å². The number of hydrogen-bond acceptors (Lipinski definition) is 4. The SMILES string of the molecule is COc1cccc(CN(C(=O)c2ccccn2)C(C(=O)NC2CCCCC2)c2ccccc2C)c1. The maximum absolute atomic E-state index is 13.9. The van der Waals surface area contributed by atoms with E-state index in [-0.39, 0.29) is 24.4 Å². The molecule has 0 aliphatic heterocycles. The second-order valence-electron chi connectivity index (χ2n) is 9.10. The fourth-order valence-electron chi connectivity index (χ4n) is 4.76. The lowest BCUT2D eigenvalue weighted by atomic mass is 9.93. The number of aryl methyl sites for hydroxylation is 1. The third-order valence-corrected chi connectivity index (χ3v) is 6.63. The number of rotatable bonds is 8. The quantitative estimate of drug-likeness (QED) is 0.488. The Labute approximate surface area is 207 Å². The molecule has 2 aromatic carbocycles. The summed E-state index contributed by atoms with van der Waals surface area (Å²) in [5.74, 6) is 0.255. The number of methoxy groups -OCH3 is 1. The summed E-state index contributed by atoms with van der Waals surface area (Å²) in [5.41, 5.74) is 2.95. The number of nitrogens with one attached hydrogen (secondary N) is 1. The zero-order valence-corrected chi connectivity index (χ0v) is 20.4. The molecule has 1 saturated carbocycles. The highest BCUT2D eigenvalue weighted by Crippen LogP contribution is 2.29. The molecule has 1 unspecified atom stereocenters. The first-order chi connectivity index (χ1) is 17.1. The predicted molar refractivity (Wildman–Crippen MR) is 136 cm³/mol. The molecule has 182 valence electrons. The van der Waals surface area contributed by atoms with Crippen LogP contribution in [0.4, 0.5) is 0 Å². The number of hydrogen-bond donors (Lipinski definition) is 1. The van der Waals surface area contributed by atoms with E-state index in [4.69, 9.17) is 4.74 Å². The number of ether oxygens (including phenoxy) is 1. The minimum Gasteiger partial charge on any atom is -0.497 e. The zero-order valence-electron chi connectivity index (χ0n) is 20.4. The van der Waals surface area contributed by atoms with Gasteiger partial charge in [-0.2, -0.15) is 0 Å². The summed E-state index contributed by atoms with van der Waals surface area (Å²) in [7, 11) is 1.61. The highest BCUT2D eigenvalue weighted by Gasteiger charge is 2.34. The lowest BCUT2D eigenvalue weighted by Gasteiger charge is -2.34. The molecule has 1 atom stereocenters. The van der Waals surface area contributed by atoms with Crippen molar-refractivity contribution in [2.24, 2.45) is 0 Å². The van der Waals surface area contributed by atoms with E-state index in [2.05, 4.69) is 10.3 Å². The first-order valence-electron chi connectivity index (χ1n) is 12.3. The number of nitrogens with zero attached hydrogens (tertiary/aromatic N) is 2. The third-order valence-electron chi connectivity index (χ3n) is 6.63. The van der Waals surface area contributed by atoms with E-state index in [0.29, 0.717) is 11.4 Å². The van der Waals surface area contributed by atoms with Crippen molar-refractivity contribution in [1.29, 1.82) is 0 Å². The molecule has 0 radical (unpaired) electrons. The molecule has 1 N–H and O–H groups in total. The van der Waals surface area contributed by atoms with Gasteiger partial charge < -0.3 is 15.0 Å². The molecular weight excluding hydrogens is 438 g/mol. The van der Waals surface area contributed by atoms with E-state index in [1.54, 1.807) is 36.4 Å². The van der Waals surface area contributed by atoms with E-state index in [9.17, 15) is 9.59 Å². The highest BCUT2D eigenvalue weighted by atomic mass is 16.5. The van der Waals surface area contributed by atoms with Gasteiger partial charge in [-0.1, -0.05) is 61.7 Å². The lowest BCUT2D eigenvalue weighted by Crippen LogP contribution is -2.47. The van der Waals surface area contributed by atoms with Crippen LogP contribution in [0.1, 0.15) is 65.3 Å². The molecular formula is C29H33N3O3. The highest BCUT2D eigenvalue weighted by molar-refractivity contribution is 5.96. The summed E-state index contributed by atoms with van der Waals surface area (Å²) in [6, 6.07) is 20.0. The Morgan fingerprint density at radius 3 is 2.51 bits per heavy atom. The van der Waals surface area contributed by atoms with Crippen molar-refractivity contribution < 1.29 is 14.3 Å². The molecule has 1 fully saturated rings. The first kappa shape index (κ1) is 24.5. The Morgan fingerprint density at radius 2 is 1.80 bits per heavy atom. The van der Waals surface area contributed by atoms with Crippen molar-refractivity contribution in [2.75, 3.05) is 7.11 Å². The van der Waals surface area contributed by atoms with Crippen LogP contribution in [0.15, 0.2) is 72.9 Å². The largest absolute Gasteiger partial charge is 0.497 e. The second kappa shape index (κ2) is 11.6. The minimum absolute atomic E-state index is 0.131. The molecule has 0 bridgehead atoms. The predicted octanol–water partition coefficient (Wildman–Crippen LogP) is 5.23. The molecule has 1 aromatic heterocycles. The van der Waals surface area contributed by atoms with Crippen LogP contribution in [0.2, 0.25) is 0 Å². The van der Waals surface area contributed by atoms with Crippen LogP contribution >= 0.6 is 0 Å². The van der Waals surface area contributed by atoms with E-state index in [1.165, 1.54) is 6.42 Å². The Bertz CT molecular complexity index is 1140. The number of aromatic nitrogens is 1. The summed E-state index contributed by atoms with van der Waals surface area (Å²) < 4.78 is 5.40. The molecule has 0 spiro atoms. The second-order valence-corrected chi connectivity index (χ2v) is 9.10. The normalized spacial score (nSPS) is 14.7. The van der Waals surface area contributed by atoms with Gasteiger partial charge in [0.05, 0.1) is 7.11 Å². The molecule has 35 heavy (non-hydrogen) atoms. The van der Waals surface area contributed by atoms with Crippen molar-refractivity contribution in [1.82, 2.24) is 15.2 Å². The van der Waals surface area contributed by atoms with Gasteiger partial charge in [-0.05, 0) is 60.7 Å². The van der Waals surface area contributed by atoms with Gasteiger partial charge in [-0.15, -0.1) is 0 Å². The maximum atomic E-state index is 13.9. The standard InChI is InChI=1S/C29H33N3O3/c1-21-11-6-7-16-25(21)27(28(33)31-23-13-4-3-5-14-23)32(29(34)26-17-8-9-18-30-26)20-22-12-10-15-24(19-22)35-2/h6-12,15-19,23,27H,3-5,13-14,20H2,1-2H3,(H,31,33). The first-order valence-corrected chi connectivity index (χ1v) is 12.3. The number of benzene rings is 2. The van der Waals surface area contributed by atoms with Crippen LogP contribution < -0.4 is 10.1 Å². The fourth-order valence-corrected chi connectivity index (χ4v) is 4.76. The molecule has 3 aromatic rings. The van der Waals surface area contributed by atoms with Gasteiger partial charge in [0.2, 0.25) is 5.91 Å². The summed E-state index contributed by atoms with van der Waals surface area (Å²) in [4.78, 5) is 33.7. The molecule has 4 rings (SSSR count). The molecule has 6 heteroatoms. The van der Waals surface area contributed by atoms with Crippen LogP contribution in [0, 0.1) is 6.92 Å². The van der Waals surface area contributed by atoms with E-state index in [1.807, 2.05) is 55.5 Å². The number of carbonyl (C=O) groups is 2. The van der Waals surface area contributed by atoms with Crippen molar-refractivity contribution in [3.63, 3.8) is 0 Å². The van der Waals surface area contributed by atoms with Gasteiger partial charge >= 0.3 is 0 Å². The average Bonchev–Trinajstić information content (AvgIpc) is 2.90. The van der Waals surface area contributed by atoms with E-state index < -0.39 is 6.04 Å². The molecule has 1 aliphatic carbocycles. The molecule has 2 amide bonds. The van der Waals surface area contributed by atoms with Gasteiger partial charge in [0.1, 0.15) is 17.5 Å². The third kappa shape index (κ3) is 6.07. The Morgan fingerprint density at radius 1 is 1.03 bits per heavy atom. The summed E-state index contributed by atoms with van der Waals surface area (Å²) in [6.45, 7) is 2.22. The summed E-state index contributed by atoms with van der Waals surface area (Å²) in [6.07, 6.45) is 6.96. The maximum Gasteiger partial charge on any atom is 0.273 e. The minimum atomic E-state index is -0.793. The molecule has 0 saturated heterocycles. The van der Waals surface area contributed by atoms with Crippen LogP contribution in [0.25, 0.3) is 0 Å². The zero-order chi connectivity index (χ0) is 24.6. The molecule has 1 heterocycles. The van der Waals surface area contributed by atoms with Crippen LogP contribution in [0.3, 0.4) is 0 Å². The Balaban J connectivity index is 1.76. The van der Waals surface area contributed by atoms with Gasteiger partial charge in [-0.25, -0.2) is 0 Å². The average molecular weight is 472 g/mol. The topological polar surface area (TPSA) is 71.5 Å². The van der Waals surface area contributed by atoms with Crippen molar-refractivity contribution in [2.45, 2.75) is 57.7 Å². The molecule has 6 nitrogen and oxygen atoms in total. The summed E-state index contributed by atoms with van der Waals surface area (Å²) >= 11 is 0. The molecule has 1 aliphatic rings. The van der Waals surface area contributed by atoms with Gasteiger partial charge in [0, 0.05) is 18.8 Å². The number of amides is 2.